The predicted molar refractivity (Wildman–Crippen MR) is 120 cm³/mol. The van der Waals surface area contributed by atoms with Crippen molar-refractivity contribution in [3.05, 3.63) is 70.2 Å². The molecule has 0 N–H and O–H groups in total. The van der Waals surface area contributed by atoms with Crippen LogP contribution < -0.4 is 0 Å². The van der Waals surface area contributed by atoms with Gasteiger partial charge in [-0.05, 0) is 49.3 Å². The zero-order chi connectivity index (χ0) is 22.0. The van der Waals surface area contributed by atoms with Crippen molar-refractivity contribution < 1.29 is 9.21 Å². The van der Waals surface area contributed by atoms with Crippen LogP contribution in [0.2, 0.25) is 5.02 Å². The van der Waals surface area contributed by atoms with Crippen LogP contribution >= 0.6 is 11.6 Å². The van der Waals surface area contributed by atoms with Crippen LogP contribution in [0.5, 0.6) is 0 Å². The molecule has 4 rings (SSSR count). The van der Waals surface area contributed by atoms with Crippen LogP contribution in [0, 0.1) is 5.92 Å². The van der Waals surface area contributed by atoms with Crippen molar-refractivity contribution in [1.29, 1.82) is 0 Å². The highest BCUT2D eigenvalue weighted by Gasteiger charge is 2.33. The van der Waals surface area contributed by atoms with Gasteiger partial charge in [-0.1, -0.05) is 43.6 Å². The number of benzene rings is 1. The molecule has 6 nitrogen and oxygen atoms in total. The smallest absolute Gasteiger partial charge is 0.272 e. The summed E-state index contributed by atoms with van der Waals surface area (Å²) in [7, 11) is 1.84. The first kappa shape index (κ1) is 21.6. The average molecular weight is 441 g/mol. The molecule has 0 aliphatic carbocycles. The number of amides is 1. The first-order valence-electron chi connectivity index (χ1n) is 10.9. The van der Waals surface area contributed by atoms with Crippen LogP contribution in [0.15, 0.2) is 40.9 Å². The number of likely N-dealkylation sites (tertiary alicyclic amines) is 1. The minimum absolute atomic E-state index is 0.0134. The van der Waals surface area contributed by atoms with Crippen molar-refractivity contribution in [3.8, 4) is 0 Å². The molecule has 1 aromatic carbocycles. The maximum absolute atomic E-state index is 13.4. The number of rotatable bonds is 6. The Kier molecular flexibility index (Phi) is 6.46. The van der Waals surface area contributed by atoms with Gasteiger partial charge in [0.15, 0.2) is 0 Å². The molecule has 1 saturated heterocycles. The molecule has 0 bridgehead atoms. The maximum atomic E-state index is 13.4. The summed E-state index contributed by atoms with van der Waals surface area (Å²) in [5, 5.41) is 5.25. The van der Waals surface area contributed by atoms with Crippen LogP contribution in [0.1, 0.15) is 72.5 Å². The zero-order valence-electron chi connectivity index (χ0n) is 18.3. The Labute approximate surface area is 188 Å². The number of aromatic nitrogens is 3. The van der Waals surface area contributed by atoms with Crippen LogP contribution in [0.4, 0.5) is 0 Å². The normalized spacial score (nSPS) is 16.8. The number of carbonyl (C=O) groups is 1. The fraction of sp³-hybridized carbons (Fsp3) is 0.458. The molecule has 31 heavy (non-hydrogen) atoms. The molecule has 1 aliphatic heterocycles. The lowest BCUT2D eigenvalue weighted by Crippen LogP contribution is -2.39. The molecule has 1 unspecified atom stereocenters. The average Bonchev–Trinajstić information content (AvgIpc) is 3.35. The van der Waals surface area contributed by atoms with E-state index >= 15 is 0 Å². The van der Waals surface area contributed by atoms with Gasteiger partial charge in [-0.25, -0.2) is 4.98 Å². The van der Waals surface area contributed by atoms with Gasteiger partial charge in [-0.2, -0.15) is 5.10 Å². The molecule has 1 fully saturated rings. The third kappa shape index (κ3) is 4.85. The molecule has 7 heteroatoms. The van der Waals surface area contributed by atoms with Gasteiger partial charge in [0.25, 0.3) is 5.91 Å². The third-order valence-electron chi connectivity index (χ3n) is 5.71. The van der Waals surface area contributed by atoms with E-state index in [0.29, 0.717) is 35.5 Å². The summed E-state index contributed by atoms with van der Waals surface area (Å²) in [4.78, 5) is 19.9. The number of nitrogens with zero attached hydrogens (tertiary/aromatic N) is 4. The number of aryl methyl sites for hydroxylation is 1. The lowest BCUT2D eigenvalue weighted by atomic mass is 10.0. The molecule has 0 spiro atoms. The molecule has 1 atom stereocenters. The van der Waals surface area contributed by atoms with E-state index in [9.17, 15) is 4.79 Å². The van der Waals surface area contributed by atoms with Gasteiger partial charge in [0, 0.05) is 25.0 Å². The lowest BCUT2D eigenvalue weighted by molar-refractivity contribution is 0.0558. The molecule has 1 amide bonds. The fourth-order valence-corrected chi connectivity index (χ4v) is 4.41. The zero-order valence-corrected chi connectivity index (χ0v) is 19.1. The molecule has 164 valence electrons. The summed E-state index contributed by atoms with van der Waals surface area (Å²) in [5.74, 6) is 1.82. The van der Waals surface area contributed by atoms with E-state index in [4.69, 9.17) is 16.0 Å². The molecule has 3 aromatic rings. The van der Waals surface area contributed by atoms with Crippen LogP contribution in [0.25, 0.3) is 0 Å². The van der Waals surface area contributed by atoms with E-state index in [2.05, 4.69) is 23.9 Å². The third-order valence-corrected chi connectivity index (χ3v) is 6.08. The minimum atomic E-state index is -0.162. The number of carbonyl (C=O) groups excluding carboxylic acids is 1. The summed E-state index contributed by atoms with van der Waals surface area (Å²) in [6.07, 6.45) is 6.05. The number of hydrogen-bond donors (Lipinski definition) is 0. The lowest BCUT2D eigenvalue weighted by Gasteiger charge is -2.33. The first-order chi connectivity index (χ1) is 14.9. The second-order valence-corrected chi connectivity index (χ2v) is 9.09. The van der Waals surface area contributed by atoms with Crippen molar-refractivity contribution in [3.63, 3.8) is 0 Å². The topological polar surface area (TPSA) is 64.2 Å². The quantitative estimate of drug-likeness (QED) is 0.527. The van der Waals surface area contributed by atoms with E-state index in [1.165, 1.54) is 0 Å². The monoisotopic (exact) mass is 440 g/mol. The Morgan fingerprint density at radius 2 is 2.10 bits per heavy atom. The fourth-order valence-electron chi connectivity index (χ4n) is 4.21. The summed E-state index contributed by atoms with van der Waals surface area (Å²) in [6, 6.07) is 9.49. The highest BCUT2D eigenvalue weighted by molar-refractivity contribution is 6.31. The highest BCUT2D eigenvalue weighted by Crippen LogP contribution is 2.32. The highest BCUT2D eigenvalue weighted by atomic mass is 35.5. The van der Waals surface area contributed by atoms with Crippen molar-refractivity contribution in [2.45, 2.75) is 52.0 Å². The van der Waals surface area contributed by atoms with Gasteiger partial charge < -0.3 is 9.32 Å². The summed E-state index contributed by atoms with van der Waals surface area (Å²) < 4.78 is 7.80. The van der Waals surface area contributed by atoms with Gasteiger partial charge >= 0.3 is 0 Å². The summed E-state index contributed by atoms with van der Waals surface area (Å²) in [5.41, 5.74) is 2.56. The van der Waals surface area contributed by atoms with Gasteiger partial charge in [0.05, 0.1) is 11.9 Å². The van der Waals surface area contributed by atoms with E-state index in [-0.39, 0.29) is 11.9 Å². The number of piperidine rings is 1. The SMILES string of the molecule is CC(C)Cc1cc(C(=O)N2CCCCC2c2ncc(Cc3ccccc3Cl)o2)n(C)n1. The minimum Gasteiger partial charge on any atom is -0.443 e. The van der Waals surface area contributed by atoms with Crippen LogP contribution in [-0.4, -0.2) is 32.1 Å². The summed E-state index contributed by atoms with van der Waals surface area (Å²) in [6.45, 7) is 5.00. The van der Waals surface area contributed by atoms with E-state index < -0.39 is 0 Å². The van der Waals surface area contributed by atoms with Crippen molar-refractivity contribution in [2.24, 2.45) is 13.0 Å². The Hall–Kier alpha value is -2.60. The Bertz CT molecular complexity index is 1060. The second-order valence-electron chi connectivity index (χ2n) is 8.69. The van der Waals surface area contributed by atoms with Crippen molar-refractivity contribution in [2.75, 3.05) is 6.54 Å². The Balaban J connectivity index is 1.54. The molecule has 0 saturated carbocycles. The van der Waals surface area contributed by atoms with Crippen molar-refractivity contribution >= 4 is 17.5 Å². The van der Waals surface area contributed by atoms with Crippen LogP contribution in [-0.2, 0) is 19.9 Å². The van der Waals surface area contributed by atoms with E-state index in [1.807, 2.05) is 42.3 Å². The molecule has 2 aromatic heterocycles. The van der Waals surface area contributed by atoms with Gasteiger partial charge in [-0.3, -0.25) is 9.48 Å². The van der Waals surface area contributed by atoms with Crippen LogP contribution in [0.3, 0.4) is 0 Å². The Morgan fingerprint density at radius 1 is 1.29 bits per heavy atom. The molecule has 0 radical (unpaired) electrons. The van der Waals surface area contributed by atoms with E-state index in [1.54, 1.807) is 10.9 Å². The van der Waals surface area contributed by atoms with Gasteiger partial charge in [-0.15, -0.1) is 0 Å². The number of hydrogen-bond acceptors (Lipinski definition) is 4. The van der Waals surface area contributed by atoms with Crippen molar-refractivity contribution in [1.82, 2.24) is 19.7 Å². The summed E-state index contributed by atoms with van der Waals surface area (Å²) >= 11 is 6.29. The molecule has 1 aliphatic rings. The van der Waals surface area contributed by atoms with E-state index in [0.717, 1.165) is 42.7 Å². The largest absolute Gasteiger partial charge is 0.443 e. The van der Waals surface area contributed by atoms with Gasteiger partial charge in [0.1, 0.15) is 17.5 Å². The standard InChI is InChI=1S/C24H29ClN4O2/c1-16(2)12-18-14-22(28(3)27-18)24(30)29-11-7-6-10-21(29)23-26-15-19(31-23)13-17-8-4-5-9-20(17)25/h4-5,8-9,14-16,21H,6-7,10-13H2,1-3H3. The van der Waals surface area contributed by atoms with Gasteiger partial charge in [0.2, 0.25) is 5.89 Å². The maximum Gasteiger partial charge on any atom is 0.272 e. The first-order valence-corrected chi connectivity index (χ1v) is 11.3. The second kappa shape index (κ2) is 9.27. The molecular weight excluding hydrogens is 412 g/mol. The number of oxazole rings is 1. The Morgan fingerprint density at radius 3 is 2.87 bits per heavy atom. The predicted octanol–water partition coefficient (Wildman–Crippen LogP) is 5.22. The molecule has 3 heterocycles. The molecular formula is C24H29ClN4O2. The number of halogens is 1.